The molecule has 2 aliphatic rings. The van der Waals surface area contributed by atoms with Crippen molar-refractivity contribution in [3.63, 3.8) is 0 Å². The minimum Gasteiger partial charge on any atom is -0.507 e. The number of halogens is 1. The van der Waals surface area contributed by atoms with E-state index in [1.807, 2.05) is 13.8 Å². The monoisotopic (exact) mass is 602 g/mol. The Hall–Kier alpha value is -4.89. The minimum absolute atomic E-state index is 0.121. The first kappa shape index (κ1) is 28.2. The standard InChI is InChI=1S/C33H27ClO9/c1-12-6-14-22(16-10-19(37)33(43-5)32(40)26(16)30(38)23(14)20(8-12)41-3)25-15-7-13(2)9-21(42-4)24(15)31(39)27-17(35)11-18(36)29(34)28(25)27/h6-11,22,25,35-37,40H,1-5H3/t22-,25-/m0/s1. The Morgan fingerprint density at radius 1 is 0.605 bits per heavy atom. The number of benzene rings is 4. The zero-order valence-corrected chi connectivity index (χ0v) is 24.6. The van der Waals surface area contributed by atoms with Crippen LogP contribution in [-0.2, 0) is 0 Å². The molecule has 2 atom stereocenters. The van der Waals surface area contributed by atoms with Crippen LogP contribution >= 0.6 is 11.6 Å². The van der Waals surface area contributed by atoms with E-state index >= 15 is 0 Å². The zero-order chi connectivity index (χ0) is 31.1. The van der Waals surface area contributed by atoms with Gasteiger partial charge in [-0.05, 0) is 65.4 Å². The summed E-state index contributed by atoms with van der Waals surface area (Å²) >= 11 is 6.77. The molecule has 10 heteroatoms. The highest BCUT2D eigenvalue weighted by molar-refractivity contribution is 6.34. The fourth-order valence-corrected chi connectivity index (χ4v) is 6.93. The maximum atomic E-state index is 14.1. The van der Waals surface area contributed by atoms with Gasteiger partial charge in [-0.2, -0.15) is 0 Å². The van der Waals surface area contributed by atoms with E-state index in [2.05, 4.69) is 0 Å². The molecule has 9 nitrogen and oxygen atoms in total. The molecule has 0 saturated heterocycles. The van der Waals surface area contributed by atoms with Crippen molar-refractivity contribution in [3.8, 4) is 40.2 Å². The molecule has 0 amide bonds. The predicted octanol–water partition coefficient (Wildman–Crippen LogP) is 5.86. The molecule has 0 fully saturated rings. The second-order valence-corrected chi connectivity index (χ2v) is 11.1. The van der Waals surface area contributed by atoms with Crippen LogP contribution in [-0.4, -0.2) is 53.3 Å². The Morgan fingerprint density at radius 2 is 1.12 bits per heavy atom. The highest BCUT2D eigenvalue weighted by Gasteiger charge is 2.47. The van der Waals surface area contributed by atoms with Crippen LogP contribution in [0.1, 0.15) is 77.1 Å². The lowest BCUT2D eigenvalue weighted by molar-refractivity contribution is 0.101. The van der Waals surface area contributed by atoms with Gasteiger partial charge in [-0.3, -0.25) is 9.59 Å². The van der Waals surface area contributed by atoms with Crippen LogP contribution < -0.4 is 14.2 Å². The second kappa shape index (κ2) is 9.84. The Morgan fingerprint density at radius 3 is 1.65 bits per heavy atom. The van der Waals surface area contributed by atoms with Gasteiger partial charge in [0.25, 0.3) is 0 Å². The molecule has 0 aliphatic heterocycles. The van der Waals surface area contributed by atoms with Gasteiger partial charge in [-0.25, -0.2) is 0 Å². The summed E-state index contributed by atoms with van der Waals surface area (Å²) in [6.45, 7) is 3.65. The summed E-state index contributed by atoms with van der Waals surface area (Å²) in [7, 11) is 4.11. The van der Waals surface area contributed by atoms with E-state index in [1.165, 1.54) is 27.4 Å². The molecule has 6 rings (SSSR count). The molecule has 0 bridgehead atoms. The van der Waals surface area contributed by atoms with Crippen LogP contribution in [0, 0.1) is 13.8 Å². The van der Waals surface area contributed by atoms with Crippen molar-refractivity contribution in [2.45, 2.75) is 25.7 Å². The van der Waals surface area contributed by atoms with Crippen LogP contribution in [0.5, 0.6) is 40.2 Å². The first-order valence-corrected chi connectivity index (χ1v) is 13.7. The van der Waals surface area contributed by atoms with E-state index in [4.69, 9.17) is 25.8 Å². The minimum atomic E-state index is -0.939. The number of phenolic OH excluding ortho intramolecular Hbond substituents is 4. The van der Waals surface area contributed by atoms with E-state index in [1.54, 1.807) is 24.3 Å². The first-order chi connectivity index (χ1) is 20.4. The molecular formula is C33H27ClO9. The molecular weight excluding hydrogens is 576 g/mol. The van der Waals surface area contributed by atoms with Crippen molar-refractivity contribution < 1.29 is 44.2 Å². The number of aromatic hydroxyl groups is 4. The van der Waals surface area contributed by atoms with Crippen LogP contribution in [0.4, 0.5) is 0 Å². The molecule has 0 radical (unpaired) electrons. The molecule has 43 heavy (non-hydrogen) atoms. The summed E-state index contributed by atoms with van der Waals surface area (Å²) in [5.74, 6) is -4.68. The molecule has 0 heterocycles. The molecule has 0 aromatic heterocycles. The van der Waals surface area contributed by atoms with Crippen LogP contribution in [0.15, 0.2) is 36.4 Å². The lowest BCUT2D eigenvalue weighted by Crippen LogP contribution is -2.30. The lowest BCUT2D eigenvalue weighted by Gasteiger charge is -2.39. The topological polar surface area (TPSA) is 143 Å². The van der Waals surface area contributed by atoms with Crippen molar-refractivity contribution in [3.05, 3.63) is 97.1 Å². The quantitative estimate of drug-likeness (QED) is 0.226. The van der Waals surface area contributed by atoms with Gasteiger partial charge < -0.3 is 34.6 Å². The number of hydrogen-bond donors (Lipinski definition) is 4. The Bertz CT molecular complexity index is 1910. The van der Waals surface area contributed by atoms with E-state index in [0.29, 0.717) is 11.1 Å². The van der Waals surface area contributed by atoms with Crippen molar-refractivity contribution in [2.24, 2.45) is 0 Å². The maximum absolute atomic E-state index is 14.1. The third kappa shape index (κ3) is 3.84. The largest absolute Gasteiger partial charge is 0.507 e. The number of fused-ring (bicyclic) bond motifs is 4. The zero-order valence-electron chi connectivity index (χ0n) is 23.8. The second-order valence-electron chi connectivity index (χ2n) is 10.7. The lowest BCUT2D eigenvalue weighted by atomic mass is 9.63. The number of carbonyl (C=O) groups excluding carboxylic acids is 2. The number of ether oxygens (including phenoxy) is 3. The predicted molar refractivity (Wildman–Crippen MR) is 157 cm³/mol. The Balaban J connectivity index is 1.84. The summed E-state index contributed by atoms with van der Waals surface area (Å²) in [6, 6.07) is 9.31. The highest BCUT2D eigenvalue weighted by Crippen LogP contribution is 2.59. The molecule has 4 aromatic carbocycles. The van der Waals surface area contributed by atoms with Crippen molar-refractivity contribution >= 4 is 23.2 Å². The number of hydrogen-bond acceptors (Lipinski definition) is 9. The number of methoxy groups -OCH3 is 3. The van der Waals surface area contributed by atoms with Gasteiger partial charge in [-0.15, -0.1) is 0 Å². The summed E-state index contributed by atoms with van der Waals surface area (Å²) in [6.07, 6.45) is 0. The smallest absolute Gasteiger partial charge is 0.203 e. The molecule has 220 valence electrons. The van der Waals surface area contributed by atoms with Crippen LogP contribution in [0.2, 0.25) is 5.02 Å². The van der Waals surface area contributed by atoms with Crippen LogP contribution in [0.25, 0.3) is 0 Å². The molecule has 0 saturated carbocycles. The number of rotatable bonds is 4. The Labute approximate surface area is 251 Å². The van der Waals surface area contributed by atoms with Crippen molar-refractivity contribution in [1.82, 2.24) is 0 Å². The molecule has 4 aromatic rings. The summed E-state index contributed by atoms with van der Waals surface area (Å²) in [5, 5.41) is 43.9. The first-order valence-electron chi connectivity index (χ1n) is 13.3. The average molecular weight is 603 g/mol. The fourth-order valence-electron chi connectivity index (χ4n) is 6.66. The van der Waals surface area contributed by atoms with Gasteiger partial charge in [-0.1, -0.05) is 23.7 Å². The van der Waals surface area contributed by atoms with E-state index in [0.717, 1.165) is 17.2 Å². The SMILES string of the molecule is COc1cc(C)cc2c1C(=O)c1c(cc(O)c(OC)c1O)[C@H]2[C@@H]1c2cc(C)cc(OC)c2C(=O)c2c(O)cc(O)c(Cl)c21. The fraction of sp³-hybridized carbons (Fsp3) is 0.212. The van der Waals surface area contributed by atoms with Gasteiger partial charge in [0.05, 0.1) is 48.6 Å². The summed E-state index contributed by atoms with van der Waals surface area (Å²) in [5.41, 5.74) is 2.82. The average Bonchev–Trinajstić information content (AvgIpc) is 2.95. The van der Waals surface area contributed by atoms with E-state index in [9.17, 15) is 30.0 Å². The molecule has 4 N–H and O–H groups in total. The van der Waals surface area contributed by atoms with Gasteiger partial charge >= 0.3 is 0 Å². The highest BCUT2D eigenvalue weighted by atomic mass is 35.5. The van der Waals surface area contributed by atoms with E-state index in [-0.39, 0.29) is 55.7 Å². The number of aryl methyl sites for hydroxylation is 2. The van der Waals surface area contributed by atoms with Gasteiger partial charge in [0.2, 0.25) is 17.3 Å². The van der Waals surface area contributed by atoms with Gasteiger partial charge in [0.1, 0.15) is 23.0 Å². The normalized spacial score (nSPS) is 16.6. The maximum Gasteiger partial charge on any atom is 0.203 e. The van der Waals surface area contributed by atoms with Crippen molar-refractivity contribution in [1.29, 1.82) is 0 Å². The van der Waals surface area contributed by atoms with Crippen molar-refractivity contribution in [2.75, 3.05) is 21.3 Å². The summed E-state index contributed by atoms with van der Waals surface area (Å²) in [4.78, 5) is 28.2. The summed E-state index contributed by atoms with van der Waals surface area (Å²) < 4.78 is 16.5. The molecule has 2 aliphatic carbocycles. The molecule has 0 unspecified atom stereocenters. The molecule has 0 spiro atoms. The van der Waals surface area contributed by atoms with Crippen LogP contribution in [0.3, 0.4) is 0 Å². The van der Waals surface area contributed by atoms with Gasteiger partial charge in [0.15, 0.2) is 11.5 Å². The Kier molecular flexibility index (Phi) is 6.47. The number of phenols is 4. The third-order valence-corrected chi connectivity index (χ3v) is 8.68. The number of ketones is 2. The number of carbonyl (C=O) groups is 2. The van der Waals surface area contributed by atoms with Gasteiger partial charge in [0, 0.05) is 17.9 Å². The van der Waals surface area contributed by atoms with E-state index < -0.39 is 46.4 Å². The third-order valence-electron chi connectivity index (χ3n) is 8.28.